The van der Waals surface area contributed by atoms with Crippen LogP contribution in [0.25, 0.3) is 0 Å². The molecule has 0 radical (unpaired) electrons. The van der Waals surface area contributed by atoms with E-state index in [1.165, 1.54) is 6.07 Å². The molecule has 1 N–H and O–H groups in total. The summed E-state index contributed by atoms with van der Waals surface area (Å²) in [5, 5.41) is 10.0. The molecule has 0 saturated heterocycles. The maximum Gasteiger partial charge on any atom is 0.129 e. The van der Waals surface area contributed by atoms with Crippen molar-refractivity contribution in [1.29, 1.82) is 0 Å². The Kier molecular flexibility index (Phi) is 3.31. The molecule has 0 saturated carbocycles. The van der Waals surface area contributed by atoms with Crippen LogP contribution in [-0.4, -0.2) is 10.1 Å². The van der Waals surface area contributed by atoms with Crippen LogP contribution in [0.1, 0.15) is 17.2 Å². The van der Waals surface area contributed by atoms with Gasteiger partial charge >= 0.3 is 0 Å². The summed E-state index contributed by atoms with van der Waals surface area (Å²) >= 11 is 3.23. The maximum absolute atomic E-state index is 13.5. The van der Waals surface area contributed by atoms with Gasteiger partial charge in [0.1, 0.15) is 16.5 Å². The summed E-state index contributed by atoms with van der Waals surface area (Å²) in [6.45, 7) is 0. The molecule has 1 aromatic heterocycles. The summed E-state index contributed by atoms with van der Waals surface area (Å²) in [6.07, 6.45) is 0.589. The van der Waals surface area contributed by atoms with Gasteiger partial charge in [0.05, 0.1) is 0 Å². The van der Waals surface area contributed by atoms with E-state index in [9.17, 15) is 9.50 Å². The maximum atomic E-state index is 13.5. The Bertz CT molecular complexity index is 458. The molecule has 16 heavy (non-hydrogen) atoms. The Balaban J connectivity index is 2.44. The predicted octanol–water partition coefficient (Wildman–Crippen LogP) is 3.06. The normalized spacial score (nSPS) is 12.4. The summed E-state index contributed by atoms with van der Waals surface area (Å²) < 4.78 is 14.0. The lowest BCUT2D eigenvalue weighted by molar-refractivity contribution is 0.213. The first-order valence-electron chi connectivity index (χ1n) is 4.73. The topological polar surface area (TPSA) is 33.1 Å². The van der Waals surface area contributed by atoms with Crippen LogP contribution >= 0.6 is 15.9 Å². The first-order chi connectivity index (χ1) is 7.70. The molecule has 1 aromatic carbocycles. The predicted molar refractivity (Wildman–Crippen MR) is 62.4 cm³/mol. The fraction of sp³-hybridized carbons (Fsp3) is 0.0833. The van der Waals surface area contributed by atoms with E-state index in [2.05, 4.69) is 20.9 Å². The van der Waals surface area contributed by atoms with Gasteiger partial charge in [-0.2, -0.15) is 0 Å². The molecule has 4 heteroatoms. The number of rotatable bonds is 2. The molecule has 0 fully saturated rings. The number of hydrogen-bond acceptors (Lipinski definition) is 2. The highest BCUT2D eigenvalue weighted by Gasteiger charge is 2.16. The molecule has 2 nitrogen and oxygen atoms in total. The van der Waals surface area contributed by atoms with Gasteiger partial charge in [0.2, 0.25) is 0 Å². The Morgan fingerprint density at radius 2 is 1.81 bits per heavy atom. The standard InChI is InChI=1S/C12H9BrFNO/c13-12-9(5-3-7-15-12)11(16)8-4-1-2-6-10(8)14/h1-7,11,16H. The van der Waals surface area contributed by atoms with E-state index >= 15 is 0 Å². The van der Waals surface area contributed by atoms with Crippen LogP contribution in [0.15, 0.2) is 47.2 Å². The second-order valence-electron chi connectivity index (χ2n) is 3.31. The van der Waals surface area contributed by atoms with E-state index in [0.29, 0.717) is 10.2 Å². The zero-order chi connectivity index (χ0) is 11.5. The van der Waals surface area contributed by atoms with Crippen LogP contribution in [0.5, 0.6) is 0 Å². The lowest BCUT2D eigenvalue weighted by atomic mass is 10.0. The van der Waals surface area contributed by atoms with Gasteiger partial charge in [-0.1, -0.05) is 24.3 Å². The molecule has 0 aliphatic heterocycles. The van der Waals surface area contributed by atoms with E-state index in [-0.39, 0.29) is 5.56 Å². The van der Waals surface area contributed by atoms with E-state index < -0.39 is 11.9 Å². The minimum atomic E-state index is -1.01. The summed E-state index contributed by atoms with van der Waals surface area (Å²) in [7, 11) is 0. The van der Waals surface area contributed by atoms with Gasteiger partial charge in [0, 0.05) is 17.3 Å². The largest absolute Gasteiger partial charge is 0.383 e. The van der Waals surface area contributed by atoms with Crippen LogP contribution in [0.4, 0.5) is 4.39 Å². The fourth-order valence-corrected chi connectivity index (χ4v) is 1.93. The third-order valence-corrected chi connectivity index (χ3v) is 2.94. The van der Waals surface area contributed by atoms with Gasteiger partial charge in [-0.25, -0.2) is 9.37 Å². The van der Waals surface area contributed by atoms with Crippen molar-refractivity contribution in [3.63, 3.8) is 0 Å². The van der Waals surface area contributed by atoms with Gasteiger partial charge < -0.3 is 5.11 Å². The van der Waals surface area contributed by atoms with Crippen molar-refractivity contribution in [3.05, 3.63) is 64.1 Å². The zero-order valence-electron chi connectivity index (χ0n) is 8.27. The molecule has 1 atom stereocenters. The molecule has 0 aliphatic rings. The lowest BCUT2D eigenvalue weighted by Crippen LogP contribution is -2.03. The number of aliphatic hydroxyl groups is 1. The van der Waals surface area contributed by atoms with Crippen molar-refractivity contribution < 1.29 is 9.50 Å². The molecule has 82 valence electrons. The molecule has 0 amide bonds. The minimum absolute atomic E-state index is 0.246. The average molecular weight is 282 g/mol. The Labute approximate surface area is 101 Å². The molecule has 0 bridgehead atoms. The number of hydrogen-bond donors (Lipinski definition) is 1. The van der Waals surface area contributed by atoms with E-state index in [4.69, 9.17) is 0 Å². The number of aliphatic hydroxyl groups excluding tert-OH is 1. The van der Waals surface area contributed by atoms with Gasteiger partial charge in [0.25, 0.3) is 0 Å². The van der Waals surface area contributed by atoms with Gasteiger partial charge in [-0.3, -0.25) is 0 Å². The first kappa shape index (κ1) is 11.2. The van der Waals surface area contributed by atoms with E-state index in [0.717, 1.165) is 0 Å². The number of benzene rings is 1. The number of pyridine rings is 1. The number of aromatic nitrogens is 1. The SMILES string of the molecule is OC(c1ccccc1F)c1cccnc1Br. The second kappa shape index (κ2) is 4.72. The molecule has 2 rings (SSSR count). The van der Waals surface area contributed by atoms with Crippen molar-refractivity contribution in [2.45, 2.75) is 6.10 Å². The summed E-state index contributed by atoms with van der Waals surface area (Å²) in [4.78, 5) is 3.99. The molecule has 0 spiro atoms. The van der Waals surface area contributed by atoms with Crippen molar-refractivity contribution in [2.75, 3.05) is 0 Å². The molecule has 0 aliphatic carbocycles. The highest BCUT2D eigenvalue weighted by atomic mass is 79.9. The van der Waals surface area contributed by atoms with Gasteiger partial charge in [-0.05, 0) is 28.1 Å². The summed E-state index contributed by atoms with van der Waals surface area (Å²) in [6, 6.07) is 9.55. The molecular weight excluding hydrogens is 273 g/mol. The molecule has 1 unspecified atom stereocenters. The van der Waals surface area contributed by atoms with Gasteiger partial charge in [-0.15, -0.1) is 0 Å². The van der Waals surface area contributed by atoms with Crippen molar-refractivity contribution >= 4 is 15.9 Å². The third kappa shape index (κ3) is 2.13. The molecule has 1 heterocycles. The fourth-order valence-electron chi connectivity index (χ4n) is 1.47. The van der Waals surface area contributed by atoms with Crippen molar-refractivity contribution in [2.24, 2.45) is 0 Å². The Morgan fingerprint density at radius 1 is 1.12 bits per heavy atom. The quantitative estimate of drug-likeness (QED) is 0.859. The van der Waals surface area contributed by atoms with E-state index in [1.54, 1.807) is 36.5 Å². The van der Waals surface area contributed by atoms with Crippen molar-refractivity contribution in [1.82, 2.24) is 4.98 Å². The van der Waals surface area contributed by atoms with Crippen LogP contribution < -0.4 is 0 Å². The second-order valence-corrected chi connectivity index (χ2v) is 4.06. The summed E-state index contributed by atoms with van der Waals surface area (Å²) in [5.74, 6) is -0.425. The van der Waals surface area contributed by atoms with Crippen LogP contribution in [-0.2, 0) is 0 Å². The highest BCUT2D eigenvalue weighted by molar-refractivity contribution is 9.10. The molecular formula is C12H9BrFNO. The zero-order valence-corrected chi connectivity index (χ0v) is 9.86. The average Bonchev–Trinajstić information content (AvgIpc) is 2.29. The highest BCUT2D eigenvalue weighted by Crippen LogP contribution is 2.28. The van der Waals surface area contributed by atoms with Crippen LogP contribution in [0.3, 0.4) is 0 Å². The monoisotopic (exact) mass is 281 g/mol. The van der Waals surface area contributed by atoms with Crippen LogP contribution in [0, 0.1) is 5.82 Å². The smallest absolute Gasteiger partial charge is 0.129 e. The molecule has 2 aromatic rings. The lowest BCUT2D eigenvalue weighted by Gasteiger charge is -2.13. The third-order valence-electron chi connectivity index (χ3n) is 2.28. The Morgan fingerprint density at radius 3 is 2.50 bits per heavy atom. The number of nitrogens with zero attached hydrogens (tertiary/aromatic N) is 1. The van der Waals surface area contributed by atoms with Crippen LogP contribution in [0.2, 0.25) is 0 Å². The first-order valence-corrected chi connectivity index (χ1v) is 5.52. The Hall–Kier alpha value is -1.26. The van der Waals surface area contributed by atoms with Crippen molar-refractivity contribution in [3.8, 4) is 0 Å². The van der Waals surface area contributed by atoms with Gasteiger partial charge in [0.15, 0.2) is 0 Å². The minimum Gasteiger partial charge on any atom is -0.383 e. The summed E-state index contributed by atoms with van der Waals surface area (Å²) in [5.41, 5.74) is 0.795. The van der Waals surface area contributed by atoms with E-state index in [1.807, 2.05) is 0 Å². The number of halogens is 2.